The Hall–Kier alpha value is -3.14. The van der Waals surface area contributed by atoms with Crippen molar-refractivity contribution in [3.63, 3.8) is 0 Å². The highest BCUT2D eigenvalue weighted by atomic mass is 16.5. The summed E-state index contributed by atoms with van der Waals surface area (Å²) in [6.45, 7) is 5.28. The first-order valence-corrected chi connectivity index (χ1v) is 14.5. The van der Waals surface area contributed by atoms with E-state index < -0.39 is 11.9 Å². The summed E-state index contributed by atoms with van der Waals surface area (Å²) in [5, 5.41) is 20.1. The normalized spacial score (nSPS) is 20.2. The van der Waals surface area contributed by atoms with E-state index >= 15 is 0 Å². The van der Waals surface area contributed by atoms with E-state index in [2.05, 4.69) is 13.0 Å². The Balaban J connectivity index is 1.57. The summed E-state index contributed by atoms with van der Waals surface area (Å²) in [5.41, 5.74) is 8.48. The molecular weight excluding hydrogens is 510 g/mol. The van der Waals surface area contributed by atoms with Gasteiger partial charge in [0.05, 0.1) is 32.3 Å². The number of carbonyl (C=O) groups excluding carboxylic acids is 1. The van der Waals surface area contributed by atoms with E-state index in [1.54, 1.807) is 12.1 Å². The Morgan fingerprint density at radius 1 is 1.18 bits per heavy atom. The quantitative estimate of drug-likeness (QED) is 0.307. The summed E-state index contributed by atoms with van der Waals surface area (Å²) in [6, 6.07) is 12.9. The number of rotatable bonds is 15. The number of carbonyl (C=O) groups is 2. The lowest BCUT2D eigenvalue weighted by Crippen LogP contribution is -2.45. The Labute approximate surface area is 236 Å². The molecule has 2 aliphatic rings. The number of aliphatic hydroxyl groups is 1. The second-order valence-corrected chi connectivity index (χ2v) is 10.7. The van der Waals surface area contributed by atoms with E-state index in [-0.39, 0.29) is 37.6 Å². The highest BCUT2D eigenvalue weighted by Gasteiger charge is 2.47. The average Bonchev–Trinajstić information content (AvgIpc) is 3.57. The van der Waals surface area contributed by atoms with Gasteiger partial charge in [-0.3, -0.25) is 14.5 Å². The minimum atomic E-state index is -0.872. The molecule has 3 atom stereocenters. The molecule has 40 heavy (non-hydrogen) atoms. The summed E-state index contributed by atoms with van der Waals surface area (Å²) < 4.78 is 11.7. The molecule has 0 saturated carbocycles. The van der Waals surface area contributed by atoms with Gasteiger partial charge < -0.3 is 30.3 Å². The third-order valence-electron chi connectivity index (χ3n) is 8.09. The molecule has 2 aromatic carbocycles. The van der Waals surface area contributed by atoms with Gasteiger partial charge in [-0.25, -0.2) is 0 Å². The first-order chi connectivity index (χ1) is 19.5. The predicted molar refractivity (Wildman–Crippen MR) is 153 cm³/mol. The van der Waals surface area contributed by atoms with E-state index in [9.17, 15) is 19.8 Å². The molecule has 0 unspecified atom stereocenters. The average molecular weight is 554 g/mol. The van der Waals surface area contributed by atoms with Gasteiger partial charge in [-0.15, -0.1) is 0 Å². The fraction of sp³-hybridized carbons (Fsp3) is 0.548. The van der Waals surface area contributed by atoms with Gasteiger partial charge in [0.15, 0.2) is 0 Å². The Morgan fingerprint density at radius 2 is 1.98 bits per heavy atom. The van der Waals surface area contributed by atoms with Crippen LogP contribution in [0.3, 0.4) is 0 Å². The summed E-state index contributed by atoms with van der Waals surface area (Å²) in [4.78, 5) is 30.2. The molecule has 9 nitrogen and oxygen atoms in total. The minimum Gasteiger partial charge on any atom is -0.493 e. The zero-order chi connectivity index (χ0) is 28.5. The van der Waals surface area contributed by atoms with Gasteiger partial charge >= 0.3 is 5.97 Å². The molecule has 2 heterocycles. The SMILES string of the molecule is CCCCN(CCCN)C(=O)CN1C[C@H](c2ccc3c(c2)CCO3)[C@@H](C(=O)O)[C@@H]1CCOc1ccccc1CO. The third-order valence-corrected chi connectivity index (χ3v) is 8.09. The van der Waals surface area contributed by atoms with Crippen LogP contribution < -0.4 is 15.2 Å². The van der Waals surface area contributed by atoms with Crippen molar-refractivity contribution in [2.75, 3.05) is 45.9 Å². The number of amides is 1. The van der Waals surface area contributed by atoms with Crippen LogP contribution in [0, 0.1) is 5.92 Å². The second kappa shape index (κ2) is 14.5. The number of nitrogens with two attached hydrogens (primary N) is 1. The fourth-order valence-electron chi connectivity index (χ4n) is 5.96. The maximum Gasteiger partial charge on any atom is 0.308 e. The zero-order valence-electron chi connectivity index (χ0n) is 23.5. The van der Waals surface area contributed by atoms with Crippen molar-refractivity contribution >= 4 is 11.9 Å². The molecule has 1 amide bonds. The standard InChI is InChI=1S/C31H43N3O6/c1-2-3-14-33(15-6-13-32)29(36)20-34-19-25(22-9-10-28-23(18-22)11-16-39-28)30(31(37)38)26(34)12-17-40-27-8-5-4-7-24(27)21-35/h4-5,7-10,18,25-26,30,35H,2-3,6,11-17,19-21,32H2,1H3,(H,37,38)/t25-,26+,30-/m1/s1. The largest absolute Gasteiger partial charge is 0.493 e. The number of hydrogen-bond acceptors (Lipinski definition) is 7. The summed E-state index contributed by atoms with van der Waals surface area (Å²) >= 11 is 0. The van der Waals surface area contributed by atoms with Gasteiger partial charge in [-0.2, -0.15) is 0 Å². The first kappa shape index (κ1) is 29.8. The highest BCUT2D eigenvalue weighted by molar-refractivity contribution is 5.79. The predicted octanol–water partition coefficient (Wildman–Crippen LogP) is 3.03. The maximum absolute atomic E-state index is 13.5. The number of carboxylic acids is 1. The number of aliphatic carboxylic acids is 1. The van der Waals surface area contributed by atoms with Crippen LogP contribution in [0.4, 0.5) is 0 Å². The Bertz CT molecular complexity index is 1130. The number of carboxylic acid groups (broad SMARTS) is 1. The van der Waals surface area contributed by atoms with Crippen LogP contribution in [0.15, 0.2) is 42.5 Å². The van der Waals surface area contributed by atoms with Crippen LogP contribution >= 0.6 is 0 Å². The number of fused-ring (bicyclic) bond motifs is 1. The van der Waals surface area contributed by atoms with E-state index in [1.807, 2.05) is 34.1 Å². The van der Waals surface area contributed by atoms with Crippen LogP contribution in [0.25, 0.3) is 0 Å². The fourth-order valence-corrected chi connectivity index (χ4v) is 5.96. The topological polar surface area (TPSA) is 126 Å². The molecule has 2 aromatic rings. The van der Waals surface area contributed by atoms with E-state index in [1.165, 1.54) is 0 Å². The molecule has 1 fully saturated rings. The molecule has 1 saturated heterocycles. The summed E-state index contributed by atoms with van der Waals surface area (Å²) in [7, 11) is 0. The van der Waals surface area contributed by atoms with Crippen molar-refractivity contribution in [2.24, 2.45) is 11.7 Å². The molecule has 0 radical (unpaired) electrons. The minimum absolute atomic E-state index is 0.00517. The lowest BCUT2D eigenvalue weighted by Gasteiger charge is -2.29. The van der Waals surface area contributed by atoms with Crippen molar-refractivity contribution in [1.29, 1.82) is 0 Å². The van der Waals surface area contributed by atoms with Crippen molar-refractivity contribution in [3.8, 4) is 11.5 Å². The van der Waals surface area contributed by atoms with Crippen molar-refractivity contribution in [3.05, 3.63) is 59.2 Å². The number of unbranched alkanes of at least 4 members (excludes halogenated alkanes) is 1. The van der Waals surface area contributed by atoms with Gasteiger partial charge in [0.25, 0.3) is 0 Å². The lowest BCUT2D eigenvalue weighted by molar-refractivity contribution is -0.144. The monoisotopic (exact) mass is 553 g/mol. The maximum atomic E-state index is 13.5. The molecular formula is C31H43N3O6. The Kier molecular flexibility index (Phi) is 10.8. The number of para-hydroxylation sites is 1. The molecule has 0 spiro atoms. The van der Waals surface area contributed by atoms with Gasteiger partial charge in [0.1, 0.15) is 11.5 Å². The number of ether oxygens (including phenoxy) is 2. The van der Waals surface area contributed by atoms with Gasteiger partial charge in [-0.1, -0.05) is 43.7 Å². The number of hydrogen-bond donors (Lipinski definition) is 3. The molecule has 4 rings (SSSR count). The van der Waals surface area contributed by atoms with Crippen LogP contribution in [0.5, 0.6) is 11.5 Å². The number of likely N-dealkylation sites (tertiary alicyclic amines) is 1. The number of aliphatic hydroxyl groups excluding tert-OH is 1. The highest BCUT2D eigenvalue weighted by Crippen LogP contribution is 2.41. The lowest BCUT2D eigenvalue weighted by atomic mass is 9.83. The van der Waals surface area contributed by atoms with Crippen LogP contribution in [0.2, 0.25) is 0 Å². The molecule has 0 bridgehead atoms. The Morgan fingerprint density at radius 3 is 2.73 bits per heavy atom. The van der Waals surface area contributed by atoms with Crippen LogP contribution in [-0.2, 0) is 22.6 Å². The number of benzene rings is 2. The molecule has 0 aromatic heterocycles. The number of nitrogens with zero attached hydrogens (tertiary/aromatic N) is 2. The summed E-state index contributed by atoms with van der Waals surface area (Å²) in [6.07, 6.45) is 3.87. The molecule has 4 N–H and O–H groups in total. The van der Waals surface area contributed by atoms with E-state index in [4.69, 9.17) is 15.2 Å². The first-order valence-electron chi connectivity index (χ1n) is 14.5. The van der Waals surface area contributed by atoms with Gasteiger partial charge in [-0.05, 0) is 49.1 Å². The van der Waals surface area contributed by atoms with Crippen LogP contribution in [0.1, 0.15) is 55.2 Å². The zero-order valence-corrected chi connectivity index (χ0v) is 23.5. The van der Waals surface area contributed by atoms with Gasteiger partial charge in [0.2, 0.25) is 5.91 Å². The summed E-state index contributed by atoms with van der Waals surface area (Å²) in [5.74, 6) is -0.383. The van der Waals surface area contributed by atoms with Crippen molar-refractivity contribution in [1.82, 2.24) is 9.80 Å². The van der Waals surface area contributed by atoms with Crippen molar-refractivity contribution < 1.29 is 29.3 Å². The second-order valence-electron chi connectivity index (χ2n) is 10.7. The van der Waals surface area contributed by atoms with E-state index in [0.29, 0.717) is 50.5 Å². The molecule has 218 valence electrons. The molecule has 2 aliphatic heterocycles. The smallest absolute Gasteiger partial charge is 0.308 e. The van der Waals surface area contributed by atoms with Crippen molar-refractivity contribution in [2.45, 2.75) is 57.6 Å². The van der Waals surface area contributed by atoms with Crippen LogP contribution in [-0.4, -0.2) is 83.9 Å². The van der Waals surface area contributed by atoms with Gasteiger partial charge in [0, 0.05) is 43.6 Å². The molecule has 9 heteroatoms. The third kappa shape index (κ3) is 7.13. The molecule has 0 aliphatic carbocycles. The van der Waals surface area contributed by atoms with E-state index in [0.717, 1.165) is 42.6 Å².